The Morgan fingerprint density at radius 1 is 1.03 bits per heavy atom. The second-order valence-electron chi connectivity index (χ2n) is 9.20. The average molecular weight is 513 g/mol. The summed E-state index contributed by atoms with van der Waals surface area (Å²) in [7, 11) is 0. The lowest BCUT2D eigenvalue weighted by molar-refractivity contribution is -0.137. The minimum Gasteiger partial charge on any atom is -0.353 e. The number of halogens is 3. The monoisotopic (exact) mass is 513 g/mol. The first-order valence-corrected chi connectivity index (χ1v) is 11.8. The SMILES string of the molecule is O=C1C/C(=C\c2cnn3c(NC4CC4)nc(N4CCN(c5ccc(C(F)(F)F)cn5)CC4)nc23)C(=O)N1. The summed E-state index contributed by atoms with van der Waals surface area (Å²) >= 11 is 0. The number of pyridine rings is 1. The summed E-state index contributed by atoms with van der Waals surface area (Å²) in [6.45, 7) is 2.11. The van der Waals surface area contributed by atoms with Crippen molar-refractivity contribution in [2.75, 3.05) is 41.3 Å². The lowest BCUT2D eigenvalue weighted by Crippen LogP contribution is -2.47. The number of nitrogens with zero attached hydrogens (tertiary/aromatic N) is 7. The quantitative estimate of drug-likeness (QED) is 0.389. The van der Waals surface area contributed by atoms with Gasteiger partial charge in [0, 0.05) is 49.6 Å². The predicted octanol–water partition coefficient (Wildman–Crippen LogP) is 1.87. The Morgan fingerprint density at radius 3 is 2.41 bits per heavy atom. The number of hydrogen-bond acceptors (Lipinski definition) is 9. The molecule has 2 N–H and O–H groups in total. The summed E-state index contributed by atoms with van der Waals surface area (Å²) in [5.74, 6) is 0.713. The van der Waals surface area contributed by atoms with Gasteiger partial charge >= 0.3 is 6.18 Å². The van der Waals surface area contributed by atoms with Gasteiger partial charge in [-0.15, -0.1) is 0 Å². The largest absolute Gasteiger partial charge is 0.417 e. The Hall–Kier alpha value is -4.23. The molecular formula is C23H22F3N9O2. The van der Waals surface area contributed by atoms with E-state index in [1.807, 2.05) is 9.80 Å². The van der Waals surface area contributed by atoms with Gasteiger partial charge in [-0.1, -0.05) is 0 Å². The third-order valence-electron chi connectivity index (χ3n) is 6.48. The molecule has 3 aromatic heterocycles. The molecule has 1 saturated carbocycles. The maximum atomic E-state index is 12.9. The number of rotatable bonds is 5. The molecule has 11 nitrogen and oxygen atoms in total. The van der Waals surface area contributed by atoms with E-state index in [2.05, 4.69) is 20.7 Å². The van der Waals surface area contributed by atoms with Crippen molar-refractivity contribution in [1.82, 2.24) is 29.9 Å². The predicted molar refractivity (Wildman–Crippen MR) is 127 cm³/mol. The van der Waals surface area contributed by atoms with Gasteiger partial charge in [-0.25, -0.2) is 4.98 Å². The van der Waals surface area contributed by atoms with E-state index < -0.39 is 17.6 Å². The fraction of sp³-hybridized carbons (Fsp3) is 0.391. The van der Waals surface area contributed by atoms with Gasteiger partial charge in [0.15, 0.2) is 5.65 Å². The number of carbonyl (C=O) groups excluding carboxylic acids is 2. The highest BCUT2D eigenvalue weighted by molar-refractivity contribution is 6.15. The van der Waals surface area contributed by atoms with Crippen LogP contribution in [0.15, 0.2) is 30.1 Å². The molecule has 0 radical (unpaired) electrons. The molecule has 0 atom stereocenters. The Bertz CT molecular complexity index is 1410. The van der Waals surface area contributed by atoms with E-state index >= 15 is 0 Å². The van der Waals surface area contributed by atoms with Crippen molar-refractivity contribution < 1.29 is 22.8 Å². The third kappa shape index (κ3) is 4.66. The fourth-order valence-corrected chi connectivity index (χ4v) is 4.32. The number of anilines is 3. The van der Waals surface area contributed by atoms with E-state index in [9.17, 15) is 22.8 Å². The molecule has 1 aliphatic carbocycles. The van der Waals surface area contributed by atoms with Gasteiger partial charge in [-0.2, -0.15) is 32.8 Å². The number of piperazine rings is 1. The molecule has 3 aliphatic rings. The Labute approximate surface area is 208 Å². The molecule has 192 valence electrons. The van der Waals surface area contributed by atoms with E-state index in [0.29, 0.717) is 66.7 Å². The number of alkyl halides is 3. The van der Waals surface area contributed by atoms with Crippen LogP contribution in [0.3, 0.4) is 0 Å². The van der Waals surface area contributed by atoms with Crippen LogP contribution in [-0.2, 0) is 15.8 Å². The molecule has 0 spiro atoms. The maximum absolute atomic E-state index is 12.9. The van der Waals surface area contributed by atoms with Crippen LogP contribution in [0, 0.1) is 0 Å². The van der Waals surface area contributed by atoms with Crippen LogP contribution in [-0.4, -0.2) is 68.6 Å². The minimum absolute atomic E-state index is 0.00123. The van der Waals surface area contributed by atoms with Crippen LogP contribution in [0.25, 0.3) is 11.7 Å². The van der Waals surface area contributed by atoms with Crippen LogP contribution in [0.2, 0.25) is 0 Å². The topological polar surface area (TPSA) is 121 Å². The number of hydrogen-bond donors (Lipinski definition) is 2. The first kappa shape index (κ1) is 23.2. The lowest BCUT2D eigenvalue weighted by Gasteiger charge is -2.35. The molecule has 2 saturated heterocycles. The van der Waals surface area contributed by atoms with E-state index in [1.54, 1.807) is 16.8 Å². The molecule has 3 aromatic rings. The van der Waals surface area contributed by atoms with Crippen molar-refractivity contribution in [2.24, 2.45) is 0 Å². The molecule has 2 amide bonds. The van der Waals surface area contributed by atoms with Crippen molar-refractivity contribution in [3.05, 3.63) is 41.2 Å². The molecule has 5 heterocycles. The van der Waals surface area contributed by atoms with Gasteiger partial charge in [-0.05, 0) is 31.1 Å². The number of nitrogens with one attached hydrogen (secondary N) is 2. The standard InChI is InChI=1S/C23H22F3N9O2/c24-23(25,26)15-1-4-17(27-12-15)33-5-7-34(8-6-33)21-31-19-14(9-13-10-18(36)30-20(13)37)11-28-35(19)22(32-21)29-16-2-3-16/h1,4,9,11-12,16H,2-3,5-8,10H2,(H,29,31,32)(H,30,36,37)/b13-9+. The normalized spacial score (nSPS) is 19.7. The Balaban J connectivity index is 1.25. The molecule has 0 aromatic carbocycles. The summed E-state index contributed by atoms with van der Waals surface area (Å²) in [6, 6.07) is 2.72. The molecule has 0 bridgehead atoms. The lowest BCUT2D eigenvalue weighted by atomic mass is 10.1. The second kappa shape index (κ2) is 8.71. The summed E-state index contributed by atoms with van der Waals surface area (Å²) in [4.78, 5) is 41.0. The number of aromatic nitrogens is 5. The van der Waals surface area contributed by atoms with Gasteiger partial charge in [0.1, 0.15) is 5.82 Å². The average Bonchev–Trinajstić information content (AvgIpc) is 3.51. The van der Waals surface area contributed by atoms with Crippen LogP contribution >= 0.6 is 0 Å². The minimum atomic E-state index is -4.42. The molecule has 37 heavy (non-hydrogen) atoms. The first-order valence-electron chi connectivity index (χ1n) is 11.8. The number of fused-ring (bicyclic) bond motifs is 1. The zero-order valence-electron chi connectivity index (χ0n) is 19.5. The van der Waals surface area contributed by atoms with E-state index in [-0.39, 0.29) is 12.3 Å². The van der Waals surface area contributed by atoms with Gasteiger partial charge in [0.2, 0.25) is 17.8 Å². The molecule has 3 fully saturated rings. The van der Waals surface area contributed by atoms with Crippen LogP contribution in [0.4, 0.5) is 30.9 Å². The number of amides is 2. The molecule has 14 heteroatoms. The van der Waals surface area contributed by atoms with Crippen molar-refractivity contribution in [3.8, 4) is 0 Å². The van der Waals surface area contributed by atoms with Crippen LogP contribution < -0.4 is 20.4 Å². The molecule has 2 aliphatic heterocycles. The Morgan fingerprint density at radius 2 is 1.78 bits per heavy atom. The molecule has 0 unspecified atom stereocenters. The van der Waals surface area contributed by atoms with Crippen LogP contribution in [0.1, 0.15) is 30.4 Å². The first-order chi connectivity index (χ1) is 17.7. The van der Waals surface area contributed by atoms with Crippen LogP contribution in [0.5, 0.6) is 0 Å². The highest BCUT2D eigenvalue weighted by atomic mass is 19.4. The highest BCUT2D eigenvalue weighted by Crippen LogP contribution is 2.30. The maximum Gasteiger partial charge on any atom is 0.417 e. The molecule has 6 rings (SSSR count). The second-order valence-corrected chi connectivity index (χ2v) is 9.20. The highest BCUT2D eigenvalue weighted by Gasteiger charge is 2.31. The van der Waals surface area contributed by atoms with Crippen molar-refractivity contribution in [2.45, 2.75) is 31.5 Å². The Kier molecular flexibility index (Phi) is 5.46. The van der Waals surface area contributed by atoms with Crippen molar-refractivity contribution in [1.29, 1.82) is 0 Å². The third-order valence-corrected chi connectivity index (χ3v) is 6.48. The van der Waals surface area contributed by atoms with E-state index in [1.165, 1.54) is 6.07 Å². The van der Waals surface area contributed by atoms with Crippen molar-refractivity contribution in [3.63, 3.8) is 0 Å². The van der Waals surface area contributed by atoms with E-state index in [0.717, 1.165) is 25.1 Å². The summed E-state index contributed by atoms with van der Waals surface area (Å²) in [5.41, 5.74) is 0.655. The van der Waals surface area contributed by atoms with Gasteiger partial charge < -0.3 is 15.1 Å². The zero-order chi connectivity index (χ0) is 25.7. The van der Waals surface area contributed by atoms with Gasteiger partial charge in [0.25, 0.3) is 5.91 Å². The summed E-state index contributed by atoms with van der Waals surface area (Å²) in [6.07, 6.45) is 1.69. The fourth-order valence-electron chi connectivity index (χ4n) is 4.32. The van der Waals surface area contributed by atoms with Crippen molar-refractivity contribution >= 4 is 41.3 Å². The summed E-state index contributed by atoms with van der Waals surface area (Å²) in [5, 5.41) is 10.0. The zero-order valence-corrected chi connectivity index (χ0v) is 19.5. The molecular weight excluding hydrogens is 491 g/mol. The number of carbonyl (C=O) groups is 2. The van der Waals surface area contributed by atoms with Gasteiger partial charge in [-0.3, -0.25) is 14.9 Å². The number of imide groups is 1. The summed E-state index contributed by atoms with van der Waals surface area (Å²) < 4.78 is 40.2. The van der Waals surface area contributed by atoms with Gasteiger partial charge in [0.05, 0.1) is 18.2 Å². The van der Waals surface area contributed by atoms with E-state index in [4.69, 9.17) is 9.97 Å². The smallest absolute Gasteiger partial charge is 0.353 e.